The van der Waals surface area contributed by atoms with E-state index in [4.69, 9.17) is 4.79 Å². The Morgan fingerprint density at radius 3 is 1.11 bits per heavy atom. The quantitative estimate of drug-likeness (QED) is 0.459. The molecule has 0 aromatic heterocycles. The van der Waals surface area contributed by atoms with E-state index >= 15 is 0 Å². The summed E-state index contributed by atoms with van der Waals surface area (Å²) in [6.07, 6.45) is 0. The number of hydrogen-bond acceptors (Lipinski definition) is 2. The minimum absolute atomic E-state index is 0. The zero-order valence-corrected chi connectivity index (χ0v) is 19.4. The fourth-order valence-electron chi connectivity index (χ4n) is 0. The van der Waals surface area contributed by atoms with Crippen LogP contribution >= 0.6 is 0 Å². The van der Waals surface area contributed by atoms with Gasteiger partial charge in [-0.2, -0.15) is 0 Å². The van der Waals surface area contributed by atoms with Gasteiger partial charge in [0.2, 0.25) is 0 Å². The van der Waals surface area contributed by atoms with Crippen molar-refractivity contribution in [3.05, 3.63) is 0 Å². The predicted octanol–water partition coefficient (Wildman–Crippen LogP) is -0.312. The molecule has 0 amide bonds. The zero-order chi connectivity index (χ0) is 3.41. The van der Waals surface area contributed by atoms with Gasteiger partial charge in [-0.25, -0.2) is 0 Å². The summed E-state index contributed by atoms with van der Waals surface area (Å²) in [4.78, 5) is 8.83. The van der Waals surface area contributed by atoms with Gasteiger partial charge in [0, 0.05) is 171 Å². The van der Waals surface area contributed by atoms with Crippen LogP contribution in [-0.4, -0.2) is 13.6 Å². The van der Waals surface area contributed by atoms with E-state index in [0.717, 1.165) is 0 Å². The first-order valence-electron chi connectivity index (χ1n) is 0.816. The van der Waals surface area contributed by atoms with Crippen LogP contribution in [0.15, 0.2) is 0 Å². The van der Waals surface area contributed by atoms with Crippen molar-refractivity contribution in [2.24, 2.45) is 0 Å². The molecule has 0 aromatic rings. The molecule has 0 heterocycles. The molecule has 0 fully saturated rings. The number of rotatable bonds is 1. The fraction of sp³-hybridized carbons (Fsp3) is 0.500. The van der Waals surface area contributed by atoms with Gasteiger partial charge in [-0.3, -0.25) is 0 Å². The van der Waals surface area contributed by atoms with Crippen LogP contribution in [0.1, 0.15) is 0 Å². The Hall–Kier alpha value is 4.99. The first-order valence-corrected chi connectivity index (χ1v) is 0.816. The molecule has 0 saturated carbocycles. The molecule has 0 N–H and O–H groups in total. The van der Waals surface area contributed by atoms with Crippen LogP contribution in [0.3, 0.4) is 0 Å². The molecule has 0 spiro atoms. The minimum Gasteiger partial charge on any atom is -0.655 e. The van der Waals surface area contributed by atoms with E-state index in [1.165, 1.54) is 13.6 Å². The summed E-state index contributed by atoms with van der Waals surface area (Å²) in [6, 6.07) is 0. The van der Waals surface area contributed by atoms with Gasteiger partial charge < -0.3 is 9.53 Å². The minimum atomic E-state index is 0. The molecule has 0 atom stereocenters. The second kappa shape index (κ2) is 38.2. The molecule has 2 nitrogen and oxygen atoms in total. The third-order valence-corrected chi connectivity index (χ3v) is 0.0833. The molecule has 0 saturated heterocycles. The van der Waals surface area contributed by atoms with Gasteiger partial charge in [0.25, 0.3) is 0 Å². The summed E-state index contributed by atoms with van der Waals surface area (Å²) in [5.41, 5.74) is 0. The molecule has 0 unspecified atom stereocenters. The smallest absolute Gasteiger partial charge is 0.0362 e. The van der Waals surface area contributed by atoms with E-state index in [1.54, 1.807) is 0 Å². The molecular formula is C2H3O2Y5-. The standard InChI is InChI=1S/C2H3O2.5Y/c1-4-2-3;;;;;/h1H3;;;;;/q-1;;;;;. The molecule has 39 valence electrons. The Morgan fingerprint density at radius 2 is 1.11 bits per heavy atom. The van der Waals surface area contributed by atoms with E-state index in [1.807, 2.05) is 0 Å². The first kappa shape index (κ1) is 37.0. The first-order chi connectivity index (χ1) is 1.91. The maximum atomic E-state index is 8.83. The summed E-state index contributed by atoms with van der Waals surface area (Å²) in [5.74, 6) is 0. The van der Waals surface area contributed by atoms with E-state index in [0.29, 0.717) is 0 Å². The van der Waals surface area contributed by atoms with Crippen LogP contribution in [0.4, 0.5) is 0 Å². The van der Waals surface area contributed by atoms with E-state index in [-0.39, 0.29) is 164 Å². The Bertz CT molecular complexity index is 26.9. The average molecular weight is 504 g/mol. The van der Waals surface area contributed by atoms with Gasteiger partial charge in [0.05, 0.1) is 0 Å². The van der Waals surface area contributed by atoms with Crippen molar-refractivity contribution >= 4 is 6.47 Å². The van der Waals surface area contributed by atoms with Crippen LogP contribution < -0.4 is 0 Å². The van der Waals surface area contributed by atoms with Crippen LogP contribution in [0.25, 0.3) is 0 Å². The summed E-state index contributed by atoms with van der Waals surface area (Å²) < 4.78 is 3.74. The summed E-state index contributed by atoms with van der Waals surface area (Å²) in [7, 11) is 1.26. The van der Waals surface area contributed by atoms with Crippen molar-refractivity contribution in [1.29, 1.82) is 0 Å². The predicted molar refractivity (Wildman–Crippen MR) is 12.7 cm³/mol. The van der Waals surface area contributed by atoms with Crippen molar-refractivity contribution in [3.63, 3.8) is 0 Å². The second-order valence-electron chi connectivity index (χ2n) is 0.287. The van der Waals surface area contributed by atoms with Crippen LogP contribution in [0.5, 0.6) is 0 Å². The van der Waals surface area contributed by atoms with Gasteiger partial charge >= 0.3 is 0 Å². The summed E-state index contributed by atoms with van der Waals surface area (Å²) in [5, 5.41) is 0. The molecule has 0 aliphatic rings. The van der Waals surface area contributed by atoms with E-state index < -0.39 is 0 Å². The van der Waals surface area contributed by atoms with Gasteiger partial charge in [-0.15, -0.1) is 0 Å². The SMILES string of the molecule is CO[C-]=O.[Y].[Y].[Y].[Y].[Y]. The van der Waals surface area contributed by atoms with Crippen molar-refractivity contribution in [1.82, 2.24) is 0 Å². The molecule has 0 aromatic carbocycles. The number of ether oxygens (including phenoxy) is 1. The Labute approximate surface area is 181 Å². The average Bonchev–Trinajstić information content (AvgIpc) is 1.37. The molecular weight excluding hydrogens is 501 g/mol. The molecule has 0 bridgehead atoms. The Kier molecular flexibility index (Phi) is 157. The maximum absolute atomic E-state index is 8.83. The number of carbonyl (C=O) groups excluding carboxylic acids is 1. The van der Waals surface area contributed by atoms with Crippen LogP contribution in [0.2, 0.25) is 0 Å². The summed E-state index contributed by atoms with van der Waals surface area (Å²) in [6.45, 7) is 1.18. The monoisotopic (exact) mass is 504 g/mol. The zero-order valence-electron chi connectivity index (χ0n) is 5.20. The normalized spacial score (nSPS) is 2.33. The largest absolute Gasteiger partial charge is 0.655 e. The molecule has 0 aliphatic heterocycles. The van der Waals surface area contributed by atoms with Crippen LogP contribution in [-0.2, 0) is 173 Å². The molecule has 0 rings (SSSR count). The number of hydrogen-bond donors (Lipinski definition) is 0. The topological polar surface area (TPSA) is 26.3 Å². The van der Waals surface area contributed by atoms with Crippen molar-refractivity contribution in [2.75, 3.05) is 7.11 Å². The molecule has 5 radical (unpaired) electrons. The maximum Gasteiger partial charge on any atom is 0.0362 e. The van der Waals surface area contributed by atoms with Crippen molar-refractivity contribution < 1.29 is 173 Å². The van der Waals surface area contributed by atoms with Gasteiger partial charge in [0.1, 0.15) is 0 Å². The van der Waals surface area contributed by atoms with Crippen molar-refractivity contribution in [3.8, 4) is 0 Å². The van der Waals surface area contributed by atoms with Crippen molar-refractivity contribution in [2.45, 2.75) is 0 Å². The number of methoxy groups -OCH3 is 1. The second-order valence-corrected chi connectivity index (χ2v) is 0.287. The third-order valence-electron chi connectivity index (χ3n) is 0.0833. The van der Waals surface area contributed by atoms with E-state index in [2.05, 4.69) is 4.74 Å². The Morgan fingerprint density at radius 1 is 1.00 bits per heavy atom. The Balaban J connectivity index is -0.00000000450. The van der Waals surface area contributed by atoms with E-state index in [9.17, 15) is 0 Å². The molecule has 0 aliphatic carbocycles. The third kappa shape index (κ3) is 43.7. The summed E-state index contributed by atoms with van der Waals surface area (Å²) >= 11 is 0. The fourth-order valence-corrected chi connectivity index (χ4v) is 0. The molecule has 7 heteroatoms. The molecule has 9 heavy (non-hydrogen) atoms. The van der Waals surface area contributed by atoms with Gasteiger partial charge in [-0.05, 0) is 0 Å². The van der Waals surface area contributed by atoms with Gasteiger partial charge in [-0.1, -0.05) is 6.47 Å². The van der Waals surface area contributed by atoms with Crippen LogP contribution in [0, 0.1) is 0 Å². The van der Waals surface area contributed by atoms with Gasteiger partial charge in [0.15, 0.2) is 0 Å².